The van der Waals surface area contributed by atoms with E-state index in [4.69, 9.17) is 4.84 Å². The van der Waals surface area contributed by atoms with Crippen molar-refractivity contribution in [3.63, 3.8) is 0 Å². The van der Waals surface area contributed by atoms with E-state index in [0.717, 1.165) is 12.8 Å². The number of nitrogens with one attached hydrogen (secondary N) is 1. The predicted octanol–water partition coefficient (Wildman–Crippen LogP) is 3.31. The van der Waals surface area contributed by atoms with E-state index in [1.54, 1.807) is 0 Å². The molecule has 0 radical (unpaired) electrons. The minimum atomic E-state index is -4.69. The van der Waals surface area contributed by atoms with Crippen LogP contribution >= 0.6 is 0 Å². The standard InChI is InChI=1S/C14H13F3N4O3/c15-14(16,17)12-19-11(20-24-12)9-3-5-10(6-4-9)18-13(22)21-7-1-2-8-23-21/h3-6H,1-2,7-8H2,(H,18,22). The summed E-state index contributed by atoms with van der Waals surface area (Å²) < 4.78 is 41.5. The highest BCUT2D eigenvalue weighted by atomic mass is 19.4. The van der Waals surface area contributed by atoms with Gasteiger partial charge < -0.3 is 9.84 Å². The molecule has 7 nitrogen and oxygen atoms in total. The Labute approximate surface area is 134 Å². The van der Waals surface area contributed by atoms with E-state index in [-0.39, 0.29) is 5.82 Å². The number of aromatic nitrogens is 2. The van der Waals surface area contributed by atoms with Crippen LogP contribution in [0, 0.1) is 0 Å². The average molecular weight is 342 g/mol. The second-order valence-electron chi connectivity index (χ2n) is 5.07. The number of amides is 2. The molecule has 1 aromatic carbocycles. The number of hydrogen-bond donors (Lipinski definition) is 1. The molecule has 1 N–H and O–H groups in total. The summed E-state index contributed by atoms with van der Waals surface area (Å²) in [6.07, 6.45) is -2.91. The Kier molecular flexibility index (Phi) is 4.38. The Hall–Kier alpha value is -2.62. The number of urea groups is 1. The molecular formula is C14H13F3N4O3. The molecule has 1 aliphatic heterocycles. The van der Waals surface area contributed by atoms with Crippen molar-refractivity contribution in [2.24, 2.45) is 0 Å². The van der Waals surface area contributed by atoms with Gasteiger partial charge in [0.25, 0.3) is 0 Å². The van der Waals surface area contributed by atoms with Crippen molar-refractivity contribution in [3.8, 4) is 11.4 Å². The maximum atomic E-state index is 12.4. The number of hydroxylamine groups is 2. The fourth-order valence-electron chi connectivity index (χ4n) is 2.10. The normalized spacial score (nSPS) is 15.4. The zero-order valence-electron chi connectivity index (χ0n) is 12.3. The number of carbonyl (C=O) groups is 1. The summed E-state index contributed by atoms with van der Waals surface area (Å²) in [5.41, 5.74) is 0.805. The largest absolute Gasteiger partial charge is 0.471 e. The lowest BCUT2D eigenvalue weighted by Gasteiger charge is -2.25. The zero-order chi connectivity index (χ0) is 17.2. The molecule has 10 heteroatoms. The maximum Gasteiger partial charge on any atom is 0.471 e. The lowest BCUT2D eigenvalue weighted by Crippen LogP contribution is -2.38. The van der Waals surface area contributed by atoms with Crippen LogP contribution < -0.4 is 5.32 Å². The highest BCUT2D eigenvalue weighted by molar-refractivity contribution is 5.88. The SMILES string of the molecule is O=C(Nc1ccc(-c2noc(C(F)(F)F)n2)cc1)N1CCCCO1. The van der Waals surface area contributed by atoms with Crippen LogP contribution in [0.1, 0.15) is 18.7 Å². The molecule has 1 fully saturated rings. The van der Waals surface area contributed by atoms with Crippen LogP contribution in [0.5, 0.6) is 0 Å². The summed E-state index contributed by atoms with van der Waals surface area (Å²) in [5, 5.41) is 7.18. The Balaban J connectivity index is 1.67. The Morgan fingerprint density at radius 2 is 1.96 bits per heavy atom. The number of benzene rings is 1. The van der Waals surface area contributed by atoms with Crippen molar-refractivity contribution >= 4 is 11.7 Å². The molecule has 2 aromatic rings. The fourth-order valence-corrected chi connectivity index (χ4v) is 2.10. The summed E-state index contributed by atoms with van der Waals surface area (Å²) in [6.45, 7) is 0.999. The number of alkyl halides is 3. The highest BCUT2D eigenvalue weighted by Crippen LogP contribution is 2.29. The number of nitrogens with zero attached hydrogens (tertiary/aromatic N) is 3. The van der Waals surface area contributed by atoms with Gasteiger partial charge in [-0.3, -0.25) is 4.84 Å². The molecule has 0 spiro atoms. The number of halogens is 3. The molecular weight excluding hydrogens is 329 g/mol. The van der Waals surface area contributed by atoms with Crippen molar-refractivity contribution in [3.05, 3.63) is 30.2 Å². The smallest absolute Gasteiger partial charge is 0.329 e. The van der Waals surface area contributed by atoms with Gasteiger partial charge in [-0.1, -0.05) is 5.16 Å². The number of anilines is 1. The molecule has 0 saturated carbocycles. The molecule has 2 heterocycles. The van der Waals surface area contributed by atoms with Gasteiger partial charge in [-0.25, -0.2) is 9.86 Å². The van der Waals surface area contributed by atoms with Crippen molar-refractivity contribution in [2.75, 3.05) is 18.5 Å². The quantitative estimate of drug-likeness (QED) is 0.905. The first-order valence-electron chi connectivity index (χ1n) is 7.16. The molecule has 1 aliphatic rings. The molecule has 1 saturated heterocycles. The van der Waals surface area contributed by atoms with E-state index in [1.807, 2.05) is 0 Å². The van der Waals surface area contributed by atoms with Crippen LogP contribution in [0.15, 0.2) is 28.8 Å². The third-order valence-electron chi connectivity index (χ3n) is 3.29. The van der Waals surface area contributed by atoms with Crippen molar-refractivity contribution < 1.29 is 27.3 Å². The van der Waals surface area contributed by atoms with Crippen molar-refractivity contribution in [1.82, 2.24) is 15.2 Å². The van der Waals surface area contributed by atoms with E-state index in [1.165, 1.54) is 29.3 Å². The van der Waals surface area contributed by atoms with Gasteiger partial charge in [-0.05, 0) is 37.1 Å². The topological polar surface area (TPSA) is 80.5 Å². The van der Waals surface area contributed by atoms with Gasteiger partial charge in [-0.15, -0.1) is 0 Å². The summed E-state index contributed by atoms with van der Waals surface area (Å²) in [4.78, 5) is 20.5. The lowest BCUT2D eigenvalue weighted by molar-refractivity contribution is -0.159. The third kappa shape index (κ3) is 3.65. The van der Waals surface area contributed by atoms with Gasteiger partial charge in [0.2, 0.25) is 5.82 Å². The first kappa shape index (κ1) is 16.2. The van der Waals surface area contributed by atoms with Crippen LogP contribution in [0.25, 0.3) is 11.4 Å². The van der Waals surface area contributed by atoms with E-state index >= 15 is 0 Å². The van der Waals surface area contributed by atoms with Crippen LogP contribution in [-0.4, -0.2) is 34.4 Å². The van der Waals surface area contributed by atoms with Crippen LogP contribution in [0.4, 0.5) is 23.7 Å². The first-order chi connectivity index (χ1) is 11.4. The van der Waals surface area contributed by atoms with Crippen LogP contribution in [0.3, 0.4) is 0 Å². The maximum absolute atomic E-state index is 12.4. The molecule has 0 atom stereocenters. The number of rotatable bonds is 2. The Morgan fingerprint density at radius 1 is 1.21 bits per heavy atom. The van der Waals surface area contributed by atoms with Crippen LogP contribution in [-0.2, 0) is 11.0 Å². The van der Waals surface area contributed by atoms with Gasteiger partial charge in [0, 0.05) is 11.3 Å². The van der Waals surface area contributed by atoms with E-state index in [9.17, 15) is 18.0 Å². The minimum Gasteiger partial charge on any atom is -0.329 e. The number of carbonyl (C=O) groups excluding carboxylic acids is 1. The van der Waals surface area contributed by atoms with Gasteiger partial charge >= 0.3 is 18.1 Å². The molecule has 0 bridgehead atoms. The Bertz CT molecular complexity index is 709. The molecule has 0 unspecified atom stereocenters. The molecule has 24 heavy (non-hydrogen) atoms. The second-order valence-corrected chi connectivity index (χ2v) is 5.07. The molecule has 1 aromatic heterocycles. The summed E-state index contributed by atoms with van der Waals surface area (Å²) in [5.74, 6) is -1.59. The second kappa shape index (κ2) is 6.48. The van der Waals surface area contributed by atoms with Gasteiger partial charge in [0.15, 0.2) is 0 Å². The van der Waals surface area contributed by atoms with Gasteiger partial charge in [-0.2, -0.15) is 18.2 Å². The van der Waals surface area contributed by atoms with E-state index < -0.39 is 18.1 Å². The van der Waals surface area contributed by atoms with Gasteiger partial charge in [0.05, 0.1) is 13.2 Å². The minimum absolute atomic E-state index is 0.181. The highest BCUT2D eigenvalue weighted by Gasteiger charge is 2.38. The predicted molar refractivity (Wildman–Crippen MR) is 75.6 cm³/mol. The van der Waals surface area contributed by atoms with Gasteiger partial charge in [0.1, 0.15) is 0 Å². The average Bonchev–Trinajstić information content (AvgIpc) is 3.07. The summed E-state index contributed by atoms with van der Waals surface area (Å²) >= 11 is 0. The monoisotopic (exact) mass is 342 g/mol. The Morgan fingerprint density at radius 3 is 2.54 bits per heavy atom. The summed E-state index contributed by atoms with van der Waals surface area (Å²) in [6, 6.07) is 5.62. The van der Waals surface area contributed by atoms with Crippen LogP contribution in [0.2, 0.25) is 0 Å². The zero-order valence-corrected chi connectivity index (χ0v) is 12.3. The molecule has 3 rings (SSSR count). The van der Waals surface area contributed by atoms with Crippen molar-refractivity contribution in [2.45, 2.75) is 19.0 Å². The first-order valence-corrected chi connectivity index (χ1v) is 7.16. The fraction of sp³-hybridized carbons (Fsp3) is 0.357. The molecule has 128 valence electrons. The molecule has 0 aliphatic carbocycles. The van der Waals surface area contributed by atoms with Crippen molar-refractivity contribution in [1.29, 1.82) is 0 Å². The number of hydrogen-bond acceptors (Lipinski definition) is 5. The van der Waals surface area contributed by atoms with E-state index in [2.05, 4.69) is 20.0 Å². The van der Waals surface area contributed by atoms with E-state index in [0.29, 0.717) is 24.4 Å². The molecule has 2 amide bonds. The lowest BCUT2D eigenvalue weighted by atomic mass is 10.2. The third-order valence-corrected chi connectivity index (χ3v) is 3.29. The summed E-state index contributed by atoms with van der Waals surface area (Å²) in [7, 11) is 0.